The van der Waals surface area contributed by atoms with Crippen LogP contribution < -0.4 is 4.74 Å². The van der Waals surface area contributed by atoms with Crippen molar-refractivity contribution >= 4 is 16.3 Å². The Hall–Kier alpha value is -1.40. The fraction of sp³-hybridized carbons (Fsp3) is 0.500. The summed E-state index contributed by atoms with van der Waals surface area (Å²) >= 11 is 0. The Morgan fingerprint density at radius 2 is 2.20 bits per heavy atom. The van der Waals surface area contributed by atoms with Crippen molar-refractivity contribution in [3.63, 3.8) is 0 Å². The van der Waals surface area contributed by atoms with Crippen LogP contribution in [0.25, 0.3) is 0 Å². The van der Waals surface area contributed by atoms with E-state index in [1.54, 1.807) is 18.2 Å². The minimum absolute atomic E-state index is 0.184. The van der Waals surface area contributed by atoms with E-state index in [2.05, 4.69) is 0 Å². The Morgan fingerprint density at radius 1 is 1.35 bits per heavy atom. The Kier molecular flexibility index (Phi) is 3.52. The molecule has 0 aliphatic carbocycles. The lowest BCUT2D eigenvalue weighted by Gasteiger charge is -2.29. The highest BCUT2D eigenvalue weighted by molar-refractivity contribution is 7.89. The summed E-state index contributed by atoms with van der Waals surface area (Å²) in [6.07, 6.45) is 3.11. The normalized spacial score (nSPS) is 23.1. The standard InChI is InChI=1S/C14H17NO4S/c16-10-11-2-1-6-15(9-11)20(17,18)13-3-4-14-12(8-13)5-7-19-14/h3-4,8,10-11H,1-2,5-7,9H2. The van der Waals surface area contributed by atoms with Crippen molar-refractivity contribution in [2.75, 3.05) is 19.7 Å². The molecule has 1 saturated heterocycles. The van der Waals surface area contributed by atoms with Gasteiger partial charge in [-0.25, -0.2) is 8.42 Å². The van der Waals surface area contributed by atoms with Crippen molar-refractivity contribution in [3.8, 4) is 5.75 Å². The van der Waals surface area contributed by atoms with Crippen LogP contribution in [0.15, 0.2) is 23.1 Å². The van der Waals surface area contributed by atoms with E-state index >= 15 is 0 Å². The Morgan fingerprint density at radius 3 is 3.00 bits per heavy atom. The van der Waals surface area contributed by atoms with Gasteiger partial charge < -0.3 is 9.53 Å². The molecule has 2 aliphatic heterocycles. The van der Waals surface area contributed by atoms with Gasteiger partial charge in [-0.2, -0.15) is 4.31 Å². The topological polar surface area (TPSA) is 63.7 Å². The van der Waals surface area contributed by atoms with Crippen LogP contribution in [0.1, 0.15) is 18.4 Å². The molecule has 0 N–H and O–H groups in total. The van der Waals surface area contributed by atoms with Crippen molar-refractivity contribution in [1.82, 2.24) is 4.31 Å². The number of sulfonamides is 1. The molecule has 1 unspecified atom stereocenters. The summed E-state index contributed by atoms with van der Waals surface area (Å²) in [7, 11) is -3.51. The van der Waals surface area contributed by atoms with Crippen LogP contribution >= 0.6 is 0 Å². The van der Waals surface area contributed by atoms with Gasteiger partial charge in [0.2, 0.25) is 10.0 Å². The predicted molar refractivity (Wildman–Crippen MR) is 73.2 cm³/mol. The molecule has 1 aromatic rings. The molecule has 0 amide bonds. The summed E-state index contributed by atoms with van der Waals surface area (Å²) in [5.41, 5.74) is 0.940. The first-order chi connectivity index (χ1) is 9.61. The highest BCUT2D eigenvalue weighted by atomic mass is 32.2. The zero-order valence-electron chi connectivity index (χ0n) is 11.1. The lowest BCUT2D eigenvalue weighted by atomic mass is 10.0. The largest absolute Gasteiger partial charge is 0.493 e. The number of piperidine rings is 1. The summed E-state index contributed by atoms with van der Waals surface area (Å²) in [6, 6.07) is 5.00. The fourth-order valence-corrected chi connectivity index (χ4v) is 4.36. The molecule has 2 heterocycles. The van der Waals surface area contributed by atoms with E-state index < -0.39 is 10.0 Å². The third kappa shape index (κ3) is 2.33. The van der Waals surface area contributed by atoms with E-state index in [-0.39, 0.29) is 5.92 Å². The molecule has 1 atom stereocenters. The van der Waals surface area contributed by atoms with Crippen LogP contribution in [-0.4, -0.2) is 38.7 Å². The lowest BCUT2D eigenvalue weighted by molar-refractivity contribution is -0.112. The van der Waals surface area contributed by atoms with Crippen LogP contribution in [0.3, 0.4) is 0 Å². The molecule has 5 nitrogen and oxygen atoms in total. The van der Waals surface area contributed by atoms with Gasteiger partial charge in [0.25, 0.3) is 0 Å². The SMILES string of the molecule is O=CC1CCCN(S(=O)(=O)c2ccc3c(c2)CCO3)C1. The van der Waals surface area contributed by atoms with Gasteiger partial charge >= 0.3 is 0 Å². The van der Waals surface area contributed by atoms with E-state index in [1.165, 1.54) is 4.31 Å². The average molecular weight is 295 g/mol. The minimum atomic E-state index is -3.51. The first-order valence-corrected chi connectivity index (χ1v) is 8.26. The molecule has 0 saturated carbocycles. The third-order valence-corrected chi connectivity index (χ3v) is 5.77. The number of rotatable bonds is 3. The molecule has 0 aromatic heterocycles. The number of carbonyl (C=O) groups excluding carboxylic acids is 1. The van der Waals surface area contributed by atoms with Crippen molar-refractivity contribution in [2.45, 2.75) is 24.2 Å². The highest BCUT2D eigenvalue weighted by Crippen LogP contribution is 2.30. The molecular weight excluding hydrogens is 278 g/mol. The van der Waals surface area contributed by atoms with Gasteiger partial charge in [0, 0.05) is 25.4 Å². The number of aldehydes is 1. The first-order valence-electron chi connectivity index (χ1n) is 6.82. The van der Waals surface area contributed by atoms with Crippen molar-refractivity contribution in [3.05, 3.63) is 23.8 Å². The Labute approximate surface area is 118 Å². The first kappa shape index (κ1) is 13.6. The van der Waals surface area contributed by atoms with E-state index in [4.69, 9.17) is 4.74 Å². The number of carbonyl (C=O) groups is 1. The molecule has 3 rings (SSSR count). The smallest absolute Gasteiger partial charge is 0.243 e. The molecule has 0 bridgehead atoms. The Bertz CT molecular complexity index is 626. The Balaban J connectivity index is 1.89. The molecule has 1 fully saturated rings. The quantitative estimate of drug-likeness (QED) is 0.787. The minimum Gasteiger partial charge on any atom is -0.493 e. The van der Waals surface area contributed by atoms with Crippen LogP contribution in [0.5, 0.6) is 5.75 Å². The van der Waals surface area contributed by atoms with Gasteiger partial charge in [-0.15, -0.1) is 0 Å². The van der Waals surface area contributed by atoms with Crippen molar-refractivity contribution < 1.29 is 17.9 Å². The lowest BCUT2D eigenvalue weighted by Crippen LogP contribution is -2.40. The van der Waals surface area contributed by atoms with Gasteiger partial charge in [0.15, 0.2) is 0 Å². The maximum atomic E-state index is 12.6. The highest BCUT2D eigenvalue weighted by Gasteiger charge is 2.30. The second kappa shape index (κ2) is 5.18. The van der Waals surface area contributed by atoms with Gasteiger partial charge in [0.1, 0.15) is 12.0 Å². The number of fused-ring (bicyclic) bond motifs is 1. The third-order valence-electron chi connectivity index (χ3n) is 3.91. The second-order valence-electron chi connectivity index (χ2n) is 5.27. The fourth-order valence-electron chi connectivity index (χ4n) is 2.78. The van der Waals surface area contributed by atoms with Gasteiger partial charge in [-0.3, -0.25) is 0 Å². The van der Waals surface area contributed by atoms with Crippen LogP contribution in [0, 0.1) is 5.92 Å². The number of hydrogen-bond acceptors (Lipinski definition) is 4. The molecular formula is C14H17NO4S. The van der Waals surface area contributed by atoms with Crippen LogP contribution in [0.2, 0.25) is 0 Å². The molecule has 1 aromatic carbocycles. The molecule has 6 heteroatoms. The monoisotopic (exact) mass is 295 g/mol. The average Bonchev–Trinajstić information content (AvgIpc) is 2.94. The molecule has 0 radical (unpaired) electrons. The summed E-state index contributed by atoms with van der Waals surface area (Å²) in [6.45, 7) is 1.38. The summed E-state index contributed by atoms with van der Waals surface area (Å²) in [4.78, 5) is 11.2. The zero-order chi connectivity index (χ0) is 14.2. The van der Waals surface area contributed by atoms with E-state index in [1.807, 2.05) is 0 Å². The molecule has 0 spiro atoms. The molecule has 20 heavy (non-hydrogen) atoms. The van der Waals surface area contributed by atoms with Crippen LogP contribution in [-0.2, 0) is 21.2 Å². The molecule has 2 aliphatic rings. The van der Waals surface area contributed by atoms with Crippen molar-refractivity contribution in [2.24, 2.45) is 5.92 Å². The van der Waals surface area contributed by atoms with Gasteiger partial charge in [0.05, 0.1) is 11.5 Å². The van der Waals surface area contributed by atoms with Crippen LogP contribution in [0.4, 0.5) is 0 Å². The summed E-state index contributed by atoms with van der Waals surface area (Å²) < 4.78 is 32.1. The molecule has 108 valence electrons. The predicted octanol–water partition coefficient (Wildman–Crippen LogP) is 1.22. The van der Waals surface area contributed by atoms with Crippen molar-refractivity contribution in [1.29, 1.82) is 0 Å². The maximum Gasteiger partial charge on any atom is 0.243 e. The number of benzene rings is 1. The van der Waals surface area contributed by atoms with Gasteiger partial charge in [-0.05, 0) is 36.6 Å². The van der Waals surface area contributed by atoms with E-state index in [9.17, 15) is 13.2 Å². The number of hydrogen-bond donors (Lipinski definition) is 0. The second-order valence-corrected chi connectivity index (χ2v) is 7.21. The van der Waals surface area contributed by atoms with Gasteiger partial charge in [-0.1, -0.05) is 0 Å². The number of ether oxygens (including phenoxy) is 1. The number of nitrogens with zero attached hydrogens (tertiary/aromatic N) is 1. The van der Waals surface area contributed by atoms with E-state index in [0.717, 1.165) is 36.9 Å². The zero-order valence-corrected chi connectivity index (χ0v) is 11.9. The van der Waals surface area contributed by atoms with E-state index in [0.29, 0.717) is 24.6 Å². The summed E-state index contributed by atoms with van der Waals surface area (Å²) in [5, 5.41) is 0. The summed E-state index contributed by atoms with van der Waals surface area (Å²) in [5.74, 6) is 0.588. The maximum absolute atomic E-state index is 12.6.